The third-order valence-corrected chi connectivity index (χ3v) is 2.17. The van der Waals surface area contributed by atoms with Crippen molar-refractivity contribution in [1.82, 2.24) is 0 Å². The van der Waals surface area contributed by atoms with Gasteiger partial charge < -0.3 is 10.2 Å². The molecule has 0 amide bonds. The van der Waals surface area contributed by atoms with Gasteiger partial charge in [-0.3, -0.25) is 0 Å². The van der Waals surface area contributed by atoms with Crippen molar-refractivity contribution in [1.29, 1.82) is 0 Å². The molecule has 0 aromatic carbocycles. The maximum absolute atomic E-state index is 8.97. The molecule has 0 unspecified atom stereocenters. The Morgan fingerprint density at radius 3 is 2.00 bits per heavy atom. The first kappa shape index (κ1) is 10.8. The van der Waals surface area contributed by atoms with E-state index in [0.717, 1.165) is 12.0 Å². The Bertz CT molecular complexity index is 141. The Labute approximate surface area is 73.0 Å². The molecule has 3 N–H and O–H groups in total. The predicted octanol–water partition coefficient (Wildman–Crippen LogP) is 1.35. The molecule has 0 aromatic heterocycles. The molecule has 2 nitrogen and oxygen atoms in total. The van der Waals surface area contributed by atoms with E-state index in [1.54, 1.807) is 0 Å². The largest absolute Gasteiger partial charge is 0.371 e. The minimum atomic E-state index is -0.427. The van der Waals surface area contributed by atoms with Crippen molar-refractivity contribution >= 4 is 19.5 Å². The Morgan fingerprint density at radius 2 is 1.82 bits per heavy atom. The Hall–Kier alpha value is -0.185. The lowest BCUT2D eigenvalue weighted by molar-refractivity contribution is 0.658. The van der Waals surface area contributed by atoms with Crippen LogP contribution in [0.15, 0.2) is 24.3 Å². The van der Waals surface area contributed by atoms with Crippen LogP contribution >= 0.6 is 12.0 Å². The van der Waals surface area contributed by atoms with Crippen LogP contribution in [0, 0.1) is 0 Å². The summed E-state index contributed by atoms with van der Waals surface area (Å²) in [6.07, 6.45) is 7.54. The Kier molecular flexibility index (Phi) is 5.37. The molecule has 0 saturated heterocycles. The van der Waals surface area contributed by atoms with E-state index >= 15 is 0 Å². The Balaban J connectivity index is 4.45. The van der Waals surface area contributed by atoms with Crippen LogP contribution < -0.4 is 5.64 Å². The highest BCUT2D eigenvalue weighted by atomic mass is 32.2. The fourth-order valence-electron chi connectivity index (χ4n) is 0.854. The number of hydrogen-bond acceptors (Lipinski definition) is 3. The van der Waals surface area contributed by atoms with Crippen LogP contribution in [-0.2, 0) is 0 Å². The standard InChI is InChI=1S/C7H14BNOS/c1-3-5-7(8-9,11-10)6-4-2/h3-6,8,10H,9H2,1-2H3. The van der Waals surface area contributed by atoms with Gasteiger partial charge in [-0.05, 0) is 25.9 Å². The lowest BCUT2D eigenvalue weighted by Crippen LogP contribution is -2.33. The summed E-state index contributed by atoms with van der Waals surface area (Å²) in [5, 5.41) is 0. The predicted molar refractivity (Wildman–Crippen MR) is 53.9 cm³/mol. The van der Waals surface area contributed by atoms with Crippen LogP contribution in [-0.4, -0.2) is 16.6 Å². The maximum Gasteiger partial charge on any atom is 0.228 e. The summed E-state index contributed by atoms with van der Waals surface area (Å²) in [6, 6.07) is 0. The van der Waals surface area contributed by atoms with Gasteiger partial charge in [-0.25, -0.2) is 0 Å². The molecule has 0 aliphatic carbocycles. The van der Waals surface area contributed by atoms with E-state index in [4.69, 9.17) is 10.2 Å². The number of allylic oxidation sites excluding steroid dienone is 2. The van der Waals surface area contributed by atoms with Gasteiger partial charge in [0, 0.05) is 0 Å². The summed E-state index contributed by atoms with van der Waals surface area (Å²) in [4.78, 5) is 0. The van der Waals surface area contributed by atoms with E-state index in [1.165, 1.54) is 0 Å². The zero-order chi connectivity index (χ0) is 8.74. The second kappa shape index (κ2) is 5.46. The van der Waals surface area contributed by atoms with E-state index in [9.17, 15) is 0 Å². The summed E-state index contributed by atoms with van der Waals surface area (Å²) in [6.45, 7) is 3.81. The van der Waals surface area contributed by atoms with Crippen molar-refractivity contribution in [2.75, 3.05) is 0 Å². The molecule has 11 heavy (non-hydrogen) atoms. The quantitative estimate of drug-likeness (QED) is 0.381. The van der Waals surface area contributed by atoms with E-state index in [2.05, 4.69) is 0 Å². The van der Waals surface area contributed by atoms with E-state index in [-0.39, 0.29) is 0 Å². The van der Waals surface area contributed by atoms with Crippen molar-refractivity contribution in [2.24, 2.45) is 5.64 Å². The average Bonchev–Trinajstić information content (AvgIpc) is 2.04. The van der Waals surface area contributed by atoms with Crippen LogP contribution in [0.3, 0.4) is 0 Å². The molecule has 0 bridgehead atoms. The van der Waals surface area contributed by atoms with Gasteiger partial charge in [-0.1, -0.05) is 24.3 Å². The van der Waals surface area contributed by atoms with Gasteiger partial charge in [-0.15, -0.1) is 0 Å². The third kappa shape index (κ3) is 3.14. The highest BCUT2D eigenvalue weighted by molar-refractivity contribution is 7.97. The molecule has 0 atom stereocenters. The van der Waals surface area contributed by atoms with Gasteiger partial charge in [0.1, 0.15) is 0 Å². The second-order valence-corrected chi connectivity index (χ2v) is 3.19. The first-order valence-corrected chi connectivity index (χ1v) is 4.32. The molecule has 0 aliphatic rings. The Morgan fingerprint density at radius 1 is 1.36 bits per heavy atom. The van der Waals surface area contributed by atoms with E-state index < -0.39 is 4.65 Å². The second-order valence-electron chi connectivity index (χ2n) is 2.25. The number of nitrogens with two attached hydrogens (primary N) is 1. The lowest BCUT2D eigenvalue weighted by Gasteiger charge is -2.18. The smallest absolute Gasteiger partial charge is 0.228 e. The average molecular weight is 171 g/mol. The van der Waals surface area contributed by atoms with Crippen molar-refractivity contribution < 1.29 is 4.55 Å². The topological polar surface area (TPSA) is 46.2 Å². The maximum atomic E-state index is 8.97. The van der Waals surface area contributed by atoms with Crippen LogP contribution in [0.5, 0.6) is 0 Å². The van der Waals surface area contributed by atoms with Crippen molar-refractivity contribution in [2.45, 2.75) is 18.5 Å². The normalized spacial score (nSPS) is 17.5. The number of hydrogen-bond donors (Lipinski definition) is 2. The third-order valence-electron chi connectivity index (χ3n) is 1.39. The molecular weight excluding hydrogens is 157 g/mol. The molecule has 0 radical (unpaired) electrons. The fraction of sp³-hybridized carbons (Fsp3) is 0.429. The summed E-state index contributed by atoms with van der Waals surface area (Å²) < 4.78 is 8.55. The summed E-state index contributed by atoms with van der Waals surface area (Å²) in [5.74, 6) is 0. The van der Waals surface area contributed by atoms with Gasteiger partial charge in [0.05, 0.1) is 4.65 Å². The van der Waals surface area contributed by atoms with Gasteiger partial charge in [-0.2, -0.15) is 0 Å². The van der Waals surface area contributed by atoms with Crippen molar-refractivity contribution in [3.05, 3.63) is 24.3 Å². The van der Waals surface area contributed by atoms with Gasteiger partial charge >= 0.3 is 0 Å². The van der Waals surface area contributed by atoms with Crippen LogP contribution in [0.1, 0.15) is 13.8 Å². The minimum absolute atomic E-state index is 0.406. The monoisotopic (exact) mass is 171 g/mol. The zero-order valence-corrected chi connectivity index (χ0v) is 7.77. The minimum Gasteiger partial charge on any atom is -0.371 e. The first-order valence-electron chi connectivity index (χ1n) is 3.55. The van der Waals surface area contributed by atoms with Crippen LogP contribution in [0.4, 0.5) is 0 Å². The number of rotatable bonds is 4. The molecule has 0 fully saturated rings. The SMILES string of the molecule is CC=CC(BN)(C=CC)SO. The molecular formula is C7H14BNOS. The fourth-order valence-corrected chi connectivity index (χ4v) is 1.32. The molecule has 0 heterocycles. The molecule has 0 saturated carbocycles. The highest BCUT2D eigenvalue weighted by Gasteiger charge is 2.22. The zero-order valence-electron chi connectivity index (χ0n) is 6.95. The van der Waals surface area contributed by atoms with Crippen LogP contribution in [0.2, 0.25) is 0 Å². The molecule has 4 heteroatoms. The summed E-state index contributed by atoms with van der Waals surface area (Å²) in [7, 11) is 0.406. The van der Waals surface area contributed by atoms with Crippen molar-refractivity contribution in [3.63, 3.8) is 0 Å². The first-order chi connectivity index (χ1) is 5.24. The van der Waals surface area contributed by atoms with Gasteiger partial charge in [0.15, 0.2) is 0 Å². The van der Waals surface area contributed by atoms with E-state index in [1.807, 2.05) is 38.2 Å². The molecule has 0 rings (SSSR count). The molecule has 0 spiro atoms. The summed E-state index contributed by atoms with van der Waals surface area (Å²) in [5.41, 5.74) is 5.51. The highest BCUT2D eigenvalue weighted by Crippen LogP contribution is 2.23. The van der Waals surface area contributed by atoms with Gasteiger partial charge in [0.25, 0.3) is 0 Å². The molecule has 62 valence electrons. The lowest BCUT2D eigenvalue weighted by atomic mass is 9.75. The summed E-state index contributed by atoms with van der Waals surface area (Å²) >= 11 is 0.768. The molecule has 0 aromatic rings. The van der Waals surface area contributed by atoms with Crippen molar-refractivity contribution in [3.8, 4) is 0 Å². The van der Waals surface area contributed by atoms with Crippen LogP contribution in [0.25, 0.3) is 0 Å². The van der Waals surface area contributed by atoms with E-state index in [0.29, 0.717) is 7.41 Å². The molecule has 0 aliphatic heterocycles. The van der Waals surface area contributed by atoms with Gasteiger partial charge in [0.2, 0.25) is 7.41 Å².